The van der Waals surface area contributed by atoms with Crippen LogP contribution in [0.4, 0.5) is 0 Å². The second kappa shape index (κ2) is 66.0. The predicted molar refractivity (Wildman–Crippen MR) is 494 cm³/mol. The van der Waals surface area contributed by atoms with Crippen molar-refractivity contribution >= 4 is 41.0 Å². The maximum Gasteiger partial charge on any atom is 0.234 e. The van der Waals surface area contributed by atoms with Gasteiger partial charge in [0, 0.05) is 71.0 Å². The molecule has 0 spiro atoms. The van der Waals surface area contributed by atoms with Gasteiger partial charge < -0.3 is 245 Å². The normalized spacial score (nSPS) is 39.7. The summed E-state index contributed by atoms with van der Waals surface area (Å²) in [6.45, 7) is 6.68. The van der Waals surface area contributed by atoms with E-state index >= 15 is 0 Å². The number of hydrogen-bond acceptors (Lipinski definition) is 54. The summed E-state index contributed by atoms with van der Waals surface area (Å²) in [5.41, 5.74) is 10.7. The molecule has 868 valence electrons. The van der Waals surface area contributed by atoms with Crippen LogP contribution in [-0.2, 0) is 119 Å². The molecule has 9 fully saturated rings. The number of amides is 4. The summed E-state index contributed by atoms with van der Waals surface area (Å²) in [6.07, 6.45) is -63.3. The van der Waals surface area contributed by atoms with Crippen molar-refractivity contribution in [3.8, 4) is 0 Å². The minimum absolute atomic E-state index is 0.0484. The van der Waals surface area contributed by atoms with Crippen LogP contribution in [0.25, 0.3) is 0 Å². The van der Waals surface area contributed by atoms with Crippen molar-refractivity contribution in [2.75, 3.05) is 85.6 Å². The number of carbonyl (C=O) groups is 7. The van der Waals surface area contributed by atoms with E-state index in [0.717, 1.165) is 12.8 Å². The lowest BCUT2D eigenvalue weighted by atomic mass is 9.97. The van der Waals surface area contributed by atoms with Crippen LogP contribution in [0.2, 0.25) is 0 Å². The molecule has 0 unspecified atom stereocenters. The second-order valence-electron chi connectivity index (χ2n) is 37.9. The van der Waals surface area contributed by atoms with Crippen molar-refractivity contribution in [2.45, 2.75) is 446 Å². The van der Waals surface area contributed by atoms with E-state index in [0.29, 0.717) is 77.4 Å². The van der Waals surface area contributed by atoms with E-state index in [-0.39, 0.29) is 119 Å². The quantitative estimate of drug-likeness (QED) is 0.0199. The molecule has 9 saturated heterocycles. The molecule has 0 radical (unpaired) electrons. The fraction of sp³-hybridized carbons (Fsp3) is 0.923. The Hall–Kier alpha value is -4.99. The highest BCUT2D eigenvalue weighted by Gasteiger charge is 2.58. The summed E-state index contributed by atoms with van der Waals surface area (Å²) in [6, 6.07) is -0.520. The number of rotatable bonds is 56. The fourth-order valence-corrected chi connectivity index (χ4v) is 17.1. The molecule has 46 atom stereocenters. The van der Waals surface area contributed by atoms with Crippen molar-refractivity contribution in [2.24, 2.45) is 5.73 Å². The lowest BCUT2D eigenvalue weighted by molar-refractivity contribution is -0.365. The third-order valence-corrected chi connectivity index (χ3v) is 26.4. The first kappa shape index (κ1) is 131. The van der Waals surface area contributed by atoms with Crippen molar-refractivity contribution < 1.29 is 257 Å². The number of unbranched alkanes of at least 4 members (excludes halogenated alkanes) is 4. The van der Waals surface area contributed by atoms with E-state index in [4.69, 9.17) is 91.0 Å². The predicted octanol–water partition coefficient (Wildman–Crippen LogP) is -15.1. The first-order valence-corrected chi connectivity index (χ1v) is 50.5. The second-order valence-corrected chi connectivity index (χ2v) is 37.9. The Morgan fingerprint density at radius 1 is 0.282 bits per heavy atom. The van der Waals surface area contributed by atoms with Gasteiger partial charge in [-0.2, -0.15) is 0 Å². The van der Waals surface area contributed by atoms with Gasteiger partial charge in [0.1, 0.15) is 219 Å². The lowest BCUT2D eigenvalue weighted by Crippen LogP contribution is -2.65. The fourth-order valence-electron chi connectivity index (χ4n) is 17.1. The van der Waals surface area contributed by atoms with Gasteiger partial charge in [0.15, 0.2) is 56.6 Å². The van der Waals surface area contributed by atoms with Crippen LogP contribution in [0.1, 0.15) is 164 Å². The molecule has 0 aromatic heterocycles. The van der Waals surface area contributed by atoms with Crippen LogP contribution in [0.3, 0.4) is 0 Å². The van der Waals surface area contributed by atoms with Gasteiger partial charge in [-0.1, -0.05) is 6.42 Å². The monoisotopic (exact) mass is 2170 g/mol. The van der Waals surface area contributed by atoms with E-state index in [1.54, 1.807) is 0 Å². The van der Waals surface area contributed by atoms with Crippen molar-refractivity contribution in [3.05, 3.63) is 0 Å². The molecule has 0 aromatic carbocycles. The number of hydrazine groups is 1. The number of aliphatic hydroxyl groups is 27. The number of aliphatic hydroxyl groups excluding tert-OH is 27. The van der Waals surface area contributed by atoms with Crippen LogP contribution >= 0.6 is 0 Å². The maximum atomic E-state index is 12.4. The van der Waals surface area contributed by atoms with Gasteiger partial charge in [-0.15, -0.1) is 0 Å². The Labute approximate surface area is 858 Å². The third kappa shape index (κ3) is 39.0. The third-order valence-electron chi connectivity index (χ3n) is 26.4. The summed E-state index contributed by atoms with van der Waals surface area (Å²) < 4.78 is 100. The Morgan fingerprint density at radius 3 is 0.852 bits per heavy atom. The Kier molecular flexibility index (Phi) is 58.0. The molecule has 0 bridgehead atoms. The molecule has 58 nitrogen and oxygen atoms in total. The first-order valence-electron chi connectivity index (χ1n) is 50.5. The number of nitrogens with two attached hydrogens (primary N) is 1. The van der Waals surface area contributed by atoms with Crippen molar-refractivity contribution in [1.29, 1.82) is 0 Å². The summed E-state index contributed by atoms with van der Waals surface area (Å²) in [7, 11) is 0. The van der Waals surface area contributed by atoms with E-state index < -0.39 is 322 Å². The average molecular weight is 2170 g/mol. The Bertz CT molecular complexity index is 3690. The molecule has 9 heterocycles. The average Bonchev–Trinajstić information content (AvgIpc) is 0.785. The summed E-state index contributed by atoms with van der Waals surface area (Å²) >= 11 is 0. The Morgan fingerprint density at radius 2 is 0.550 bits per heavy atom. The molecule has 0 saturated carbocycles. The molecule has 9 aliphatic heterocycles. The molecule has 0 aromatic rings. The molecule has 9 rings (SSSR count). The van der Waals surface area contributed by atoms with Gasteiger partial charge >= 0.3 is 0 Å². The van der Waals surface area contributed by atoms with Gasteiger partial charge in [-0.05, 0) is 112 Å². The molecule has 149 heavy (non-hydrogen) atoms. The highest BCUT2D eigenvalue weighted by molar-refractivity contribution is 5.82. The number of Topliss-reactive ketones (excluding diaryl/α,β-unsaturated/α-hetero) is 3. The SMILES string of the molecule is CC(=O)[C@H](CCCCN)NNC(=O)CCCCC(=O)NCCO[C@H]1O[C@H](CO[C@@H]2O[C@@H](C)[C@@H](O)[C@H](O)[C@@H]2O)[C@@H](O)[C@H](O[C@H]2O[C@H](CO)[C@@H](O)[C@H](O)[C@@H]2O)[C@@H]1O.CCNC(=O)CCCCC(=O)CCCO[C@H]1O[C@H](CO[C@@H]2O[C@@H](C)[C@@H](O)[C@H](O)[C@@H]2O)[C@@H](O)[C@H](O[C@H]2O[C@H](CO)[C@@H](O)[C@H](O)[C@@H]2O)[C@@H]1O.CCNC(=O)CCCCC(=O)CCCO[C@H]1O[C@H](CO[C@@H]2O[C@@H](C)[C@@H](O)[C@H](O)[C@@H]2O)[C@@H](O)[C@H](O[C@H]2O[C@H](CO)[C@@H](O)[C@H](O)[C@@H]2O)[C@@H]1O. The largest absolute Gasteiger partial charge is 0.394 e. The van der Waals surface area contributed by atoms with Gasteiger partial charge in [-0.3, -0.25) is 39.0 Å². The topological polar surface area (TPSA) is 918 Å². The van der Waals surface area contributed by atoms with Crippen LogP contribution in [0.15, 0.2) is 0 Å². The molecule has 58 heteroatoms. The first-order chi connectivity index (χ1) is 70.7. The number of hydrogen-bond donors (Lipinski definition) is 33. The number of ketones is 3. The number of ether oxygens (including phenoxy) is 18. The minimum Gasteiger partial charge on any atom is -0.394 e. The van der Waals surface area contributed by atoms with Gasteiger partial charge in [0.25, 0.3) is 0 Å². The summed E-state index contributed by atoms with van der Waals surface area (Å²) in [4.78, 5) is 84.0. The smallest absolute Gasteiger partial charge is 0.234 e. The van der Waals surface area contributed by atoms with Crippen molar-refractivity contribution in [1.82, 2.24) is 26.8 Å². The van der Waals surface area contributed by atoms with E-state index in [1.165, 1.54) is 27.7 Å². The molecule has 0 aliphatic carbocycles. The van der Waals surface area contributed by atoms with Crippen molar-refractivity contribution in [3.63, 3.8) is 0 Å². The number of carbonyl (C=O) groups excluding carboxylic acids is 7. The summed E-state index contributed by atoms with van der Waals surface area (Å²) in [5, 5.41) is 287. The van der Waals surface area contributed by atoms with Gasteiger partial charge in [0.2, 0.25) is 23.6 Å². The van der Waals surface area contributed by atoms with E-state index in [1.807, 2.05) is 13.8 Å². The van der Waals surface area contributed by atoms with Gasteiger partial charge in [-0.25, -0.2) is 5.43 Å². The van der Waals surface area contributed by atoms with Gasteiger partial charge in [0.05, 0.1) is 83.8 Å². The highest BCUT2D eigenvalue weighted by Crippen LogP contribution is 2.37. The van der Waals surface area contributed by atoms with Crippen LogP contribution in [0, 0.1) is 0 Å². The summed E-state index contributed by atoms with van der Waals surface area (Å²) in [5.74, 6) is -1.05. The Balaban J connectivity index is 0.000000304. The molecule has 34 N–H and O–H groups in total. The zero-order valence-corrected chi connectivity index (χ0v) is 84.0. The standard InChI is InChI=1S/C33H60N4O18.2C29H51NO17/c1-15(39)17(7-5-6-10-34)36-37-21(41)9-4-3-8-20(40)35-11-12-50-32-29(49)30(55-33-28(48)26(46)23(43)18(13-38)53-33)24(44)19(54-32)14-51-31-27(47)25(45)22(42)16(2)52-31;2*1-3-30-17(33)9-5-4-7-14(32)8-6-10-42-28-25(41)26(47-29-24(40)22(38)19(35)15(11-31)45-29)20(36)16(46-28)12-43-27-23(39)21(37)18(34)13(2)44-27/h16-19,22-33,36,38,42-49H,3-14,34H2,1-2H3,(H,35,40)(H,37,41);2*13,15-16,18-29,31,34-41H,3-12H2,1-2H3,(H,30,33)/t16-,17-,18+,19+,22+,23+,24+,25-,26-,27-,28-,29-,30-,31+,32-,33+;2*13-,15+,16+,18+,19+,20+,21-,22-,23-,24-,25-,26-,27+,28-,29+/m000/s1. The zero-order valence-electron chi connectivity index (χ0n) is 84.0. The zero-order chi connectivity index (χ0) is 110. The maximum absolute atomic E-state index is 12.4. The molecular weight excluding hydrogens is 2010 g/mol. The molecule has 9 aliphatic rings. The van der Waals surface area contributed by atoms with Crippen LogP contribution < -0.4 is 32.5 Å². The van der Waals surface area contributed by atoms with E-state index in [2.05, 4.69) is 26.8 Å². The van der Waals surface area contributed by atoms with Crippen LogP contribution in [0.5, 0.6) is 0 Å². The number of nitrogens with one attached hydrogen (secondary N) is 5. The lowest BCUT2D eigenvalue weighted by Gasteiger charge is -2.46. The van der Waals surface area contributed by atoms with E-state index in [9.17, 15) is 171 Å². The van der Waals surface area contributed by atoms with Crippen LogP contribution in [-0.4, -0.2) is 547 Å². The highest BCUT2D eigenvalue weighted by atomic mass is 16.8. The molecule has 4 amide bonds. The minimum atomic E-state index is -1.88. The molecular formula is C91H162N6O52.